The molecule has 0 spiro atoms. The van der Waals surface area contributed by atoms with E-state index >= 15 is 0 Å². The molecule has 1 heterocycles. The minimum atomic E-state index is 0.370. The van der Waals surface area contributed by atoms with E-state index in [2.05, 4.69) is 57.4 Å². The van der Waals surface area contributed by atoms with Crippen LogP contribution in [0.3, 0.4) is 0 Å². The van der Waals surface area contributed by atoms with Crippen LogP contribution in [-0.2, 0) is 0 Å². The van der Waals surface area contributed by atoms with Gasteiger partial charge in [0.25, 0.3) is 0 Å². The summed E-state index contributed by atoms with van der Waals surface area (Å²) in [5.41, 5.74) is 2.52. The number of aromatic nitrogens is 2. The molecule has 1 aromatic rings. The zero-order chi connectivity index (χ0) is 12.8. The molecule has 0 aromatic carbocycles. The number of anilines is 2. The molecule has 0 aliphatic heterocycles. The van der Waals surface area contributed by atoms with Crippen LogP contribution >= 0.6 is 15.9 Å². The van der Waals surface area contributed by atoms with Gasteiger partial charge in [0.15, 0.2) is 5.82 Å². The lowest BCUT2D eigenvalue weighted by atomic mass is 10.0. The quantitative estimate of drug-likeness (QED) is 0.556. The molecule has 1 rings (SSSR count). The van der Waals surface area contributed by atoms with Crippen LogP contribution in [0.5, 0.6) is 0 Å². The fourth-order valence-electron chi connectivity index (χ4n) is 1.46. The second-order valence-electron chi connectivity index (χ2n) is 4.55. The molecule has 5 nitrogen and oxygen atoms in total. The Kier molecular flexibility index (Phi) is 5.64. The van der Waals surface area contributed by atoms with Gasteiger partial charge in [-0.25, -0.2) is 15.8 Å². The molecular weight excluding hydrogens is 282 g/mol. The van der Waals surface area contributed by atoms with Crippen molar-refractivity contribution < 1.29 is 0 Å². The first-order valence-electron chi connectivity index (χ1n) is 5.78. The molecule has 4 N–H and O–H groups in total. The predicted molar refractivity (Wildman–Crippen MR) is 74.7 cm³/mol. The topological polar surface area (TPSA) is 75.9 Å². The number of halogens is 1. The Hall–Kier alpha value is -0.880. The van der Waals surface area contributed by atoms with Gasteiger partial charge in [-0.05, 0) is 41.6 Å². The molecule has 0 bridgehead atoms. The van der Waals surface area contributed by atoms with Crippen molar-refractivity contribution in [1.82, 2.24) is 9.97 Å². The summed E-state index contributed by atoms with van der Waals surface area (Å²) in [6.07, 6.45) is 3.79. The summed E-state index contributed by atoms with van der Waals surface area (Å²) < 4.78 is 0.763. The van der Waals surface area contributed by atoms with Gasteiger partial charge in [0, 0.05) is 6.04 Å². The molecule has 0 aliphatic rings. The van der Waals surface area contributed by atoms with Crippen molar-refractivity contribution in [3.8, 4) is 0 Å². The highest BCUT2D eigenvalue weighted by Crippen LogP contribution is 2.26. The molecule has 0 aliphatic carbocycles. The highest BCUT2D eigenvalue weighted by atomic mass is 79.9. The van der Waals surface area contributed by atoms with Crippen molar-refractivity contribution >= 4 is 27.6 Å². The van der Waals surface area contributed by atoms with Gasteiger partial charge in [-0.1, -0.05) is 13.8 Å². The highest BCUT2D eigenvalue weighted by Gasteiger charge is 2.10. The Balaban J connectivity index is 2.62. The number of hydrogen-bond donors (Lipinski definition) is 3. The van der Waals surface area contributed by atoms with Gasteiger partial charge in [-0.3, -0.25) is 0 Å². The van der Waals surface area contributed by atoms with Crippen LogP contribution in [0.25, 0.3) is 0 Å². The third-order valence-electron chi connectivity index (χ3n) is 2.49. The largest absolute Gasteiger partial charge is 0.367 e. The van der Waals surface area contributed by atoms with Crippen molar-refractivity contribution in [3.63, 3.8) is 0 Å². The van der Waals surface area contributed by atoms with Crippen LogP contribution < -0.4 is 16.6 Å². The van der Waals surface area contributed by atoms with E-state index in [0.717, 1.165) is 16.7 Å². The van der Waals surface area contributed by atoms with E-state index < -0.39 is 0 Å². The Morgan fingerprint density at radius 2 is 1.88 bits per heavy atom. The average molecular weight is 302 g/mol. The molecular formula is C11H20BrN5. The van der Waals surface area contributed by atoms with Crippen molar-refractivity contribution in [2.75, 3.05) is 10.7 Å². The van der Waals surface area contributed by atoms with E-state index in [1.807, 2.05) is 0 Å². The summed E-state index contributed by atoms with van der Waals surface area (Å²) in [4.78, 5) is 8.19. The van der Waals surface area contributed by atoms with Crippen LogP contribution in [0, 0.1) is 5.92 Å². The summed E-state index contributed by atoms with van der Waals surface area (Å²) in [7, 11) is 0. The van der Waals surface area contributed by atoms with Crippen LogP contribution in [0.4, 0.5) is 11.6 Å². The Labute approximate surface area is 111 Å². The summed E-state index contributed by atoms with van der Waals surface area (Å²) >= 11 is 3.42. The smallest absolute Gasteiger partial charge is 0.159 e. The minimum Gasteiger partial charge on any atom is -0.367 e. The molecule has 0 radical (unpaired) electrons. The first-order chi connectivity index (χ1) is 8.04. The first kappa shape index (κ1) is 14.2. The van der Waals surface area contributed by atoms with Crippen LogP contribution in [0.1, 0.15) is 33.6 Å². The standard InChI is InChI=1S/C11H20BrN5/c1-7(2)4-5-8(3)16-10-9(12)11(17-13)15-6-14-10/h6-8H,4-5,13H2,1-3H3,(H2,14,15,16,17). The van der Waals surface area contributed by atoms with Crippen molar-refractivity contribution in [3.05, 3.63) is 10.8 Å². The van der Waals surface area contributed by atoms with Gasteiger partial charge in [-0.2, -0.15) is 0 Å². The lowest BCUT2D eigenvalue weighted by molar-refractivity contribution is 0.527. The molecule has 1 atom stereocenters. The fraction of sp³-hybridized carbons (Fsp3) is 0.636. The number of rotatable bonds is 6. The van der Waals surface area contributed by atoms with Gasteiger partial charge < -0.3 is 10.7 Å². The molecule has 0 saturated heterocycles. The van der Waals surface area contributed by atoms with E-state index in [-0.39, 0.29) is 0 Å². The van der Waals surface area contributed by atoms with E-state index in [0.29, 0.717) is 17.8 Å². The van der Waals surface area contributed by atoms with Gasteiger partial charge >= 0.3 is 0 Å². The Morgan fingerprint density at radius 3 is 2.47 bits per heavy atom. The third-order valence-corrected chi connectivity index (χ3v) is 3.24. The van der Waals surface area contributed by atoms with E-state index in [1.54, 1.807) is 0 Å². The second-order valence-corrected chi connectivity index (χ2v) is 5.34. The van der Waals surface area contributed by atoms with Gasteiger partial charge in [-0.15, -0.1) is 0 Å². The minimum absolute atomic E-state index is 0.370. The molecule has 96 valence electrons. The maximum atomic E-state index is 5.35. The van der Waals surface area contributed by atoms with E-state index in [4.69, 9.17) is 5.84 Å². The molecule has 1 unspecified atom stereocenters. The maximum Gasteiger partial charge on any atom is 0.159 e. The Morgan fingerprint density at radius 1 is 1.24 bits per heavy atom. The van der Waals surface area contributed by atoms with Gasteiger partial charge in [0.1, 0.15) is 16.6 Å². The molecule has 0 amide bonds. The predicted octanol–water partition coefficient (Wildman–Crippen LogP) is 2.76. The number of hydrogen-bond acceptors (Lipinski definition) is 5. The first-order valence-corrected chi connectivity index (χ1v) is 6.57. The number of nitrogens with zero attached hydrogens (tertiary/aromatic N) is 2. The number of nitrogens with one attached hydrogen (secondary N) is 2. The van der Waals surface area contributed by atoms with Crippen molar-refractivity contribution in [2.24, 2.45) is 11.8 Å². The molecule has 17 heavy (non-hydrogen) atoms. The second kappa shape index (κ2) is 6.76. The lowest BCUT2D eigenvalue weighted by Crippen LogP contribution is -2.18. The number of nitrogen functional groups attached to an aromatic ring is 1. The number of hydrazine groups is 1. The summed E-state index contributed by atoms with van der Waals surface area (Å²) in [6, 6.07) is 0.370. The zero-order valence-electron chi connectivity index (χ0n) is 10.5. The third kappa shape index (κ3) is 4.47. The number of nitrogens with two attached hydrogens (primary N) is 1. The van der Waals surface area contributed by atoms with Crippen LogP contribution in [-0.4, -0.2) is 16.0 Å². The van der Waals surface area contributed by atoms with E-state index in [1.165, 1.54) is 12.7 Å². The summed E-state index contributed by atoms with van der Waals surface area (Å²) in [6.45, 7) is 6.60. The van der Waals surface area contributed by atoms with Crippen LogP contribution in [0.15, 0.2) is 10.8 Å². The normalized spacial score (nSPS) is 12.6. The van der Waals surface area contributed by atoms with Gasteiger partial charge in [0.2, 0.25) is 0 Å². The summed E-state index contributed by atoms with van der Waals surface area (Å²) in [5.74, 6) is 7.42. The monoisotopic (exact) mass is 301 g/mol. The maximum absolute atomic E-state index is 5.35. The molecule has 0 saturated carbocycles. The van der Waals surface area contributed by atoms with Crippen LogP contribution in [0.2, 0.25) is 0 Å². The van der Waals surface area contributed by atoms with Crippen molar-refractivity contribution in [2.45, 2.75) is 39.7 Å². The molecule has 1 aromatic heterocycles. The fourth-order valence-corrected chi connectivity index (χ4v) is 1.89. The van der Waals surface area contributed by atoms with E-state index in [9.17, 15) is 0 Å². The highest BCUT2D eigenvalue weighted by molar-refractivity contribution is 9.10. The zero-order valence-corrected chi connectivity index (χ0v) is 12.1. The summed E-state index contributed by atoms with van der Waals surface area (Å²) in [5, 5.41) is 3.35. The molecule has 6 heteroatoms. The molecule has 0 fully saturated rings. The average Bonchev–Trinajstić information content (AvgIpc) is 2.29. The Bertz CT molecular complexity index is 356. The van der Waals surface area contributed by atoms with Crippen molar-refractivity contribution in [1.29, 1.82) is 0 Å². The SMILES string of the molecule is CC(C)CCC(C)Nc1ncnc(NN)c1Br. The van der Waals surface area contributed by atoms with Gasteiger partial charge in [0.05, 0.1) is 0 Å². The lowest BCUT2D eigenvalue weighted by Gasteiger charge is -2.17.